The molecule has 0 amide bonds. The van der Waals surface area contributed by atoms with Gasteiger partial charge < -0.3 is 10.3 Å². The van der Waals surface area contributed by atoms with Gasteiger partial charge in [0.05, 0.1) is 17.1 Å². The topological polar surface area (TPSA) is 85.4 Å². The summed E-state index contributed by atoms with van der Waals surface area (Å²) in [5.41, 5.74) is 8.28. The first-order valence-corrected chi connectivity index (χ1v) is 6.34. The second-order valence-electron chi connectivity index (χ2n) is 4.44. The van der Waals surface area contributed by atoms with Gasteiger partial charge in [-0.1, -0.05) is 12.1 Å². The Morgan fingerprint density at radius 1 is 1.37 bits per heavy atom. The van der Waals surface area contributed by atoms with Crippen molar-refractivity contribution in [1.82, 2.24) is 24.7 Å². The average Bonchev–Trinajstić information content (AvgIpc) is 3.05. The molecule has 0 aliphatic rings. The Balaban J connectivity index is 1.96. The maximum Gasteiger partial charge on any atom is 0.141 e. The Labute approximate surface area is 110 Å². The van der Waals surface area contributed by atoms with Crippen LogP contribution in [0.15, 0.2) is 30.6 Å². The van der Waals surface area contributed by atoms with Crippen LogP contribution in [0.5, 0.6) is 0 Å². The number of para-hydroxylation sites is 2. The SMILES string of the molecule is CCn1c(CC(N)c2ncn[nH]2)nc2ccccc21. The number of imidazole rings is 1. The Morgan fingerprint density at radius 2 is 2.21 bits per heavy atom. The van der Waals surface area contributed by atoms with Gasteiger partial charge in [-0.15, -0.1) is 0 Å². The van der Waals surface area contributed by atoms with Crippen LogP contribution >= 0.6 is 0 Å². The van der Waals surface area contributed by atoms with E-state index >= 15 is 0 Å². The maximum atomic E-state index is 6.13. The van der Waals surface area contributed by atoms with E-state index in [1.165, 1.54) is 6.33 Å². The van der Waals surface area contributed by atoms with Crippen molar-refractivity contribution in [3.63, 3.8) is 0 Å². The Kier molecular flexibility index (Phi) is 3.00. The monoisotopic (exact) mass is 256 g/mol. The third kappa shape index (κ3) is 2.10. The fourth-order valence-electron chi connectivity index (χ4n) is 2.32. The molecule has 0 aliphatic carbocycles. The van der Waals surface area contributed by atoms with Crippen molar-refractivity contribution >= 4 is 11.0 Å². The molecule has 0 aliphatic heterocycles. The van der Waals surface area contributed by atoms with Crippen LogP contribution in [0.2, 0.25) is 0 Å². The Hall–Kier alpha value is -2.21. The lowest BCUT2D eigenvalue weighted by atomic mass is 10.2. The quantitative estimate of drug-likeness (QED) is 0.739. The van der Waals surface area contributed by atoms with Crippen LogP contribution in [-0.2, 0) is 13.0 Å². The second kappa shape index (κ2) is 4.81. The van der Waals surface area contributed by atoms with Gasteiger partial charge >= 0.3 is 0 Å². The summed E-state index contributed by atoms with van der Waals surface area (Å²) in [5.74, 6) is 1.67. The molecule has 3 rings (SSSR count). The zero-order valence-corrected chi connectivity index (χ0v) is 10.7. The van der Waals surface area contributed by atoms with Gasteiger partial charge in [-0.05, 0) is 19.1 Å². The van der Waals surface area contributed by atoms with E-state index in [0.29, 0.717) is 12.2 Å². The van der Waals surface area contributed by atoms with Crippen LogP contribution in [0.4, 0.5) is 0 Å². The minimum Gasteiger partial charge on any atom is -0.328 e. The van der Waals surface area contributed by atoms with Crippen molar-refractivity contribution in [3.05, 3.63) is 42.2 Å². The Bertz CT molecular complexity index is 670. The van der Waals surface area contributed by atoms with Gasteiger partial charge in [0.2, 0.25) is 0 Å². The molecule has 6 nitrogen and oxygen atoms in total. The first-order valence-electron chi connectivity index (χ1n) is 6.34. The van der Waals surface area contributed by atoms with Crippen molar-refractivity contribution < 1.29 is 0 Å². The molecule has 1 atom stereocenters. The summed E-state index contributed by atoms with van der Waals surface area (Å²) in [7, 11) is 0. The van der Waals surface area contributed by atoms with Crippen LogP contribution in [0.25, 0.3) is 11.0 Å². The Morgan fingerprint density at radius 3 is 2.95 bits per heavy atom. The molecule has 98 valence electrons. The normalized spacial score (nSPS) is 12.9. The lowest BCUT2D eigenvalue weighted by Crippen LogP contribution is -2.17. The molecular weight excluding hydrogens is 240 g/mol. The number of aryl methyl sites for hydroxylation is 1. The van der Waals surface area contributed by atoms with E-state index in [1.54, 1.807) is 0 Å². The van der Waals surface area contributed by atoms with Crippen molar-refractivity contribution in [2.45, 2.75) is 25.9 Å². The molecule has 3 N–H and O–H groups in total. The van der Waals surface area contributed by atoms with Crippen molar-refractivity contribution in [3.8, 4) is 0 Å². The fraction of sp³-hybridized carbons (Fsp3) is 0.308. The number of aromatic amines is 1. The summed E-state index contributed by atoms with van der Waals surface area (Å²) in [6, 6.07) is 7.90. The summed E-state index contributed by atoms with van der Waals surface area (Å²) in [6.07, 6.45) is 2.11. The number of nitrogens with zero attached hydrogens (tertiary/aromatic N) is 4. The number of hydrogen-bond acceptors (Lipinski definition) is 4. The van der Waals surface area contributed by atoms with E-state index in [0.717, 1.165) is 23.4 Å². The smallest absolute Gasteiger partial charge is 0.141 e. The number of rotatable bonds is 4. The molecule has 6 heteroatoms. The molecule has 0 saturated heterocycles. The second-order valence-corrected chi connectivity index (χ2v) is 4.44. The van der Waals surface area contributed by atoms with Crippen molar-refractivity contribution in [2.24, 2.45) is 5.73 Å². The van der Waals surface area contributed by atoms with E-state index in [4.69, 9.17) is 5.73 Å². The van der Waals surface area contributed by atoms with Gasteiger partial charge in [0, 0.05) is 13.0 Å². The van der Waals surface area contributed by atoms with E-state index < -0.39 is 0 Å². The van der Waals surface area contributed by atoms with Crippen LogP contribution in [-0.4, -0.2) is 24.7 Å². The number of aromatic nitrogens is 5. The molecule has 19 heavy (non-hydrogen) atoms. The van der Waals surface area contributed by atoms with Gasteiger partial charge in [-0.3, -0.25) is 5.10 Å². The van der Waals surface area contributed by atoms with Gasteiger partial charge in [0.1, 0.15) is 18.0 Å². The van der Waals surface area contributed by atoms with Crippen LogP contribution < -0.4 is 5.73 Å². The van der Waals surface area contributed by atoms with Gasteiger partial charge in [-0.25, -0.2) is 9.97 Å². The molecule has 1 aromatic carbocycles. The van der Waals surface area contributed by atoms with Crippen LogP contribution in [0.1, 0.15) is 24.6 Å². The van der Waals surface area contributed by atoms with Gasteiger partial charge in [0.15, 0.2) is 0 Å². The molecule has 1 unspecified atom stereocenters. The number of nitrogens with one attached hydrogen (secondary N) is 1. The number of H-pyrrole nitrogens is 1. The van der Waals surface area contributed by atoms with Crippen LogP contribution in [0.3, 0.4) is 0 Å². The van der Waals surface area contributed by atoms with Crippen molar-refractivity contribution in [1.29, 1.82) is 0 Å². The molecular formula is C13H16N6. The number of hydrogen-bond donors (Lipinski definition) is 2. The van der Waals surface area contributed by atoms with E-state index in [9.17, 15) is 0 Å². The number of benzene rings is 1. The van der Waals surface area contributed by atoms with E-state index in [1.807, 2.05) is 18.2 Å². The zero-order valence-electron chi connectivity index (χ0n) is 10.7. The minimum atomic E-state index is -0.218. The largest absolute Gasteiger partial charge is 0.328 e. The molecule has 0 saturated carbocycles. The molecule has 0 spiro atoms. The van der Waals surface area contributed by atoms with Crippen molar-refractivity contribution in [2.75, 3.05) is 0 Å². The molecule has 2 heterocycles. The summed E-state index contributed by atoms with van der Waals surface area (Å²) in [5, 5.41) is 6.63. The summed E-state index contributed by atoms with van der Waals surface area (Å²) < 4.78 is 2.19. The molecule has 3 aromatic rings. The molecule has 0 fully saturated rings. The third-order valence-corrected chi connectivity index (χ3v) is 3.24. The number of fused-ring (bicyclic) bond motifs is 1. The summed E-state index contributed by atoms with van der Waals surface area (Å²) in [6.45, 7) is 2.98. The number of nitrogens with two attached hydrogens (primary N) is 1. The standard InChI is InChI=1S/C13H16N6/c1-2-19-11-6-4-3-5-10(11)17-12(19)7-9(14)13-15-8-16-18-13/h3-6,8-9H,2,7,14H2,1H3,(H,15,16,18). The molecule has 2 aromatic heterocycles. The highest BCUT2D eigenvalue weighted by Gasteiger charge is 2.15. The highest BCUT2D eigenvalue weighted by Crippen LogP contribution is 2.19. The highest BCUT2D eigenvalue weighted by atomic mass is 15.2. The third-order valence-electron chi connectivity index (χ3n) is 3.24. The van der Waals surface area contributed by atoms with Gasteiger partial charge in [-0.2, -0.15) is 5.10 Å². The van der Waals surface area contributed by atoms with E-state index in [-0.39, 0.29) is 6.04 Å². The van der Waals surface area contributed by atoms with Crippen LogP contribution in [0, 0.1) is 0 Å². The van der Waals surface area contributed by atoms with E-state index in [2.05, 4.69) is 37.7 Å². The summed E-state index contributed by atoms with van der Waals surface area (Å²) >= 11 is 0. The fourth-order valence-corrected chi connectivity index (χ4v) is 2.32. The summed E-state index contributed by atoms with van der Waals surface area (Å²) in [4.78, 5) is 8.75. The lowest BCUT2D eigenvalue weighted by Gasteiger charge is -2.10. The first kappa shape index (κ1) is 11.9. The average molecular weight is 256 g/mol. The predicted octanol–water partition coefficient (Wildman–Crippen LogP) is 1.42. The lowest BCUT2D eigenvalue weighted by molar-refractivity contribution is 0.612. The minimum absolute atomic E-state index is 0.218. The molecule has 0 bridgehead atoms. The van der Waals surface area contributed by atoms with Gasteiger partial charge in [0.25, 0.3) is 0 Å². The predicted molar refractivity (Wildman–Crippen MR) is 72.4 cm³/mol. The molecule has 0 radical (unpaired) electrons. The highest BCUT2D eigenvalue weighted by molar-refractivity contribution is 5.75. The maximum absolute atomic E-state index is 6.13. The first-order chi connectivity index (χ1) is 9.29. The zero-order chi connectivity index (χ0) is 13.2.